The molecule has 5 nitrogen and oxygen atoms in total. The van der Waals surface area contributed by atoms with Crippen molar-refractivity contribution in [2.45, 2.75) is 38.5 Å². The number of ether oxygens (including phenoxy) is 2. The van der Waals surface area contributed by atoms with Gasteiger partial charge in [-0.3, -0.25) is 4.99 Å². The molecule has 0 bridgehead atoms. The number of methoxy groups -OCH3 is 1. The zero-order chi connectivity index (χ0) is 15.0. The summed E-state index contributed by atoms with van der Waals surface area (Å²) in [7, 11) is 3.60. The van der Waals surface area contributed by atoms with Gasteiger partial charge in [-0.25, -0.2) is 0 Å². The van der Waals surface area contributed by atoms with Crippen molar-refractivity contribution in [1.82, 2.24) is 10.6 Å². The number of halogens is 1. The molecule has 6 heteroatoms. The molecule has 2 N–H and O–H groups in total. The third-order valence-corrected chi connectivity index (χ3v) is 4.69. The number of guanidine groups is 1. The van der Waals surface area contributed by atoms with Crippen LogP contribution < -0.4 is 10.6 Å². The van der Waals surface area contributed by atoms with Crippen molar-refractivity contribution in [2.75, 3.05) is 47.1 Å². The quantitative estimate of drug-likeness (QED) is 0.244. The van der Waals surface area contributed by atoms with E-state index in [0.29, 0.717) is 5.41 Å². The standard InChI is InChI=1S/C16H31N3O2.HI/c1-17-15(18-9-11-21-12-14-4-5-14)19-13-16(6-3-7-16)8-10-20-2;/h14H,3-13H2,1-2H3,(H2,17,18,19);1H. The van der Waals surface area contributed by atoms with Gasteiger partial charge in [-0.15, -0.1) is 24.0 Å². The molecule has 2 saturated carbocycles. The summed E-state index contributed by atoms with van der Waals surface area (Å²) in [6.45, 7) is 4.33. The third-order valence-electron chi connectivity index (χ3n) is 4.69. The molecule has 0 aromatic rings. The highest BCUT2D eigenvalue weighted by atomic mass is 127. The molecule has 0 aromatic heterocycles. The maximum Gasteiger partial charge on any atom is 0.191 e. The molecule has 0 aromatic carbocycles. The highest BCUT2D eigenvalue weighted by Crippen LogP contribution is 2.43. The predicted molar refractivity (Wildman–Crippen MR) is 101 cm³/mol. The summed E-state index contributed by atoms with van der Waals surface area (Å²) in [5.74, 6) is 1.72. The van der Waals surface area contributed by atoms with E-state index in [9.17, 15) is 0 Å². The lowest BCUT2D eigenvalue weighted by molar-refractivity contribution is 0.0732. The van der Waals surface area contributed by atoms with Gasteiger partial charge in [-0.2, -0.15) is 0 Å². The molecule has 0 unspecified atom stereocenters. The Balaban J connectivity index is 0.00000242. The molecule has 0 heterocycles. The molecule has 0 aliphatic heterocycles. The fourth-order valence-electron chi connectivity index (χ4n) is 2.78. The molecule has 2 fully saturated rings. The fourth-order valence-corrected chi connectivity index (χ4v) is 2.78. The van der Waals surface area contributed by atoms with Crippen LogP contribution in [0.4, 0.5) is 0 Å². The van der Waals surface area contributed by atoms with Gasteiger partial charge in [0.25, 0.3) is 0 Å². The Kier molecular flexibility index (Phi) is 9.66. The van der Waals surface area contributed by atoms with Crippen LogP contribution in [0.25, 0.3) is 0 Å². The number of hydrogen-bond donors (Lipinski definition) is 2. The Morgan fingerprint density at radius 3 is 2.55 bits per heavy atom. The number of nitrogens with one attached hydrogen (secondary N) is 2. The minimum absolute atomic E-state index is 0. The van der Waals surface area contributed by atoms with Crippen LogP contribution in [-0.4, -0.2) is 53.0 Å². The highest BCUT2D eigenvalue weighted by molar-refractivity contribution is 14.0. The van der Waals surface area contributed by atoms with Crippen LogP contribution in [0.3, 0.4) is 0 Å². The average molecular weight is 425 g/mol. The van der Waals surface area contributed by atoms with Gasteiger partial charge in [0.1, 0.15) is 0 Å². The smallest absolute Gasteiger partial charge is 0.191 e. The van der Waals surface area contributed by atoms with Crippen molar-refractivity contribution in [2.24, 2.45) is 16.3 Å². The lowest BCUT2D eigenvalue weighted by Gasteiger charge is -2.42. The third kappa shape index (κ3) is 7.00. The van der Waals surface area contributed by atoms with Crippen LogP contribution in [0, 0.1) is 11.3 Å². The SMILES string of the molecule is CN=C(NCCOCC1CC1)NCC1(CCOC)CCC1.I. The van der Waals surface area contributed by atoms with Crippen LogP contribution >= 0.6 is 24.0 Å². The van der Waals surface area contributed by atoms with E-state index in [1.165, 1.54) is 32.1 Å². The van der Waals surface area contributed by atoms with E-state index in [2.05, 4.69) is 15.6 Å². The average Bonchev–Trinajstić information content (AvgIpc) is 3.27. The molecule has 130 valence electrons. The topological polar surface area (TPSA) is 54.9 Å². The Bertz CT molecular complexity index is 331. The molecular weight excluding hydrogens is 393 g/mol. The second kappa shape index (κ2) is 10.6. The zero-order valence-corrected chi connectivity index (χ0v) is 16.4. The Morgan fingerprint density at radius 1 is 1.23 bits per heavy atom. The minimum atomic E-state index is 0. The summed E-state index contributed by atoms with van der Waals surface area (Å²) in [5, 5.41) is 6.78. The van der Waals surface area contributed by atoms with E-state index >= 15 is 0 Å². The number of nitrogens with zero attached hydrogens (tertiary/aromatic N) is 1. The first-order chi connectivity index (χ1) is 10.3. The summed E-state index contributed by atoms with van der Waals surface area (Å²) >= 11 is 0. The molecular formula is C16H32IN3O2. The first-order valence-electron chi connectivity index (χ1n) is 8.29. The summed E-state index contributed by atoms with van der Waals surface area (Å²) in [5.41, 5.74) is 0.413. The van der Waals surface area contributed by atoms with Crippen LogP contribution in [0.2, 0.25) is 0 Å². The molecule has 2 aliphatic carbocycles. The molecule has 22 heavy (non-hydrogen) atoms. The zero-order valence-electron chi connectivity index (χ0n) is 14.0. The van der Waals surface area contributed by atoms with Crippen LogP contribution in [0.15, 0.2) is 4.99 Å². The van der Waals surface area contributed by atoms with E-state index in [1.54, 1.807) is 7.11 Å². The van der Waals surface area contributed by atoms with Gasteiger partial charge in [-0.1, -0.05) is 6.42 Å². The molecule has 0 spiro atoms. The van der Waals surface area contributed by atoms with Crippen molar-refractivity contribution in [1.29, 1.82) is 0 Å². The van der Waals surface area contributed by atoms with E-state index in [-0.39, 0.29) is 24.0 Å². The lowest BCUT2D eigenvalue weighted by Crippen LogP contribution is -2.47. The van der Waals surface area contributed by atoms with Gasteiger partial charge in [0.2, 0.25) is 0 Å². The van der Waals surface area contributed by atoms with E-state index in [0.717, 1.165) is 51.2 Å². The highest BCUT2D eigenvalue weighted by Gasteiger charge is 2.36. The Morgan fingerprint density at radius 2 is 2.00 bits per heavy atom. The summed E-state index contributed by atoms with van der Waals surface area (Å²) in [6.07, 6.45) is 7.76. The fraction of sp³-hybridized carbons (Fsp3) is 0.938. The normalized spacial score (nSPS) is 20.0. The van der Waals surface area contributed by atoms with Crippen molar-refractivity contribution < 1.29 is 9.47 Å². The van der Waals surface area contributed by atoms with Gasteiger partial charge < -0.3 is 20.1 Å². The van der Waals surface area contributed by atoms with Gasteiger partial charge in [0.15, 0.2) is 5.96 Å². The van der Waals surface area contributed by atoms with Crippen molar-refractivity contribution in [3.8, 4) is 0 Å². The van der Waals surface area contributed by atoms with Crippen molar-refractivity contribution in [3.05, 3.63) is 0 Å². The number of rotatable bonds is 10. The predicted octanol–water partition coefficient (Wildman–Crippen LogP) is 2.40. The summed E-state index contributed by atoms with van der Waals surface area (Å²) < 4.78 is 10.9. The van der Waals surface area contributed by atoms with Gasteiger partial charge in [0, 0.05) is 40.5 Å². The number of hydrogen-bond acceptors (Lipinski definition) is 3. The largest absolute Gasteiger partial charge is 0.385 e. The van der Waals surface area contributed by atoms with Crippen LogP contribution in [-0.2, 0) is 9.47 Å². The van der Waals surface area contributed by atoms with Crippen molar-refractivity contribution in [3.63, 3.8) is 0 Å². The van der Waals surface area contributed by atoms with Crippen LogP contribution in [0.1, 0.15) is 38.5 Å². The Labute approximate surface area is 152 Å². The first kappa shape index (κ1) is 20.0. The number of aliphatic imine (C=N–C) groups is 1. The molecule has 2 rings (SSSR count). The maximum atomic E-state index is 5.62. The first-order valence-corrected chi connectivity index (χ1v) is 8.29. The minimum Gasteiger partial charge on any atom is -0.385 e. The van der Waals surface area contributed by atoms with Gasteiger partial charge in [-0.05, 0) is 43.4 Å². The van der Waals surface area contributed by atoms with E-state index < -0.39 is 0 Å². The monoisotopic (exact) mass is 425 g/mol. The molecule has 0 atom stereocenters. The van der Waals surface area contributed by atoms with Gasteiger partial charge in [0.05, 0.1) is 6.61 Å². The van der Waals surface area contributed by atoms with Crippen LogP contribution in [0.5, 0.6) is 0 Å². The molecule has 0 radical (unpaired) electrons. The molecule has 0 amide bonds. The lowest BCUT2D eigenvalue weighted by atomic mass is 9.67. The summed E-state index contributed by atoms with van der Waals surface area (Å²) in [4.78, 5) is 4.28. The van der Waals surface area contributed by atoms with E-state index in [4.69, 9.17) is 9.47 Å². The Hall–Kier alpha value is -0.0800. The second-order valence-corrected chi connectivity index (χ2v) is 6.47. The van der Waals surface area contributed by atoms with Gasteiger partial charge >= 0.3 is 0 Å². The maximum absolute atomic E-state index is 5.62. The van der Waals surface area contributed by atoms with E-state index in [1.807, 2.05) is 7.05 Å². The summed E-state index contributed by atoms with van der Waals surface area (Å²) in [6, 6.07) is 0. The van der Waals surface area contributed by atoms with Crippen molar-refractivity contribution >= 4 is 29.9 Å². The molecule has 2 aliphatic rings. The molecule has 0 saturated heterocycles. The second-order valence-electron chi connectivity index (χ2n) is 6.47.